The van der Waals surface area contributed by atoms with Crippen LogP contribution in [0.4, 0.5) is 5.69 Å². The van der Waals surface area contributed by atoms with Crippen LogP contribution in [0.25, 0.3) is 0 Å². The van der Waals surface area contributed by atoms with Gasteiger partial charge in [0.05, 0.1) is 0 Å². The van der Waals surface area contributed by atoms with E-state index in [2.05, 4.69) is 0 Å². The Morgan fingerprint density at radius 1 is 1.25 bits per heavy atom. The highest BCUT2D eigenvalue weighted by molar-refractivity contribution is 6.03. The number of nitrogens with two attached hydrogens (primary N) is 1. The molecule has 1 fully saturated rings. The van der Waals surface area contributed by atoms with Gasteiger partial charge in [0.2, 0.25) is 5.91 Å². The summed E-state index contributed by atoms with van der Waals surface area (Å²) < 4.78 is 0. The number of carbonyl (C=O) groups excluding carboxylic acids is 1. The molecule has 5 heteroatoms. The molecule has 5 nitrogen and oxygen atoms in total. The number of para-hydroxylation sites is 1. The Balaban J connectivity index is 1.92. The molecule has 1 aliphatic carbocycles. The SMILES string of the molecule is NC1CCC(C(=O)N2c3ccccc3C[C@H]2C(=O)O)C1. The average molecular weight is 274 g/mol. The van der Waals surface area contributed by atoms with E-state index in [1.165, 1.54) is 4.90 Å². The minimum absolute atomic E-state index is 0.0603. The Morgan fingerprint density at radius 2 is 2.00 bits per heavy atom. The van der Waals surface area contributed by atoms with E-state index in [4.69, 9.17) is 5.73 Å². The molecule has 2 unspecified atom stereocenters. The van der Waals surface area contributed by atoms with Crippen LogP contribution < -0.4 is 10.6 Å². The number of benzene rings is 1. The molecule has 0 spiro atoms. The summed E-state index contributed by atoms with van der Waals surface area (Å²) >= 11 is 0. The number of carboxylic acid groups (broad SMARTS) is 1. The predicted molar refractivity (Wildman–Crippen MR) is 74.4 cm³/mol. The fraction of sp³-hybridized carbons (Fsp3) is 0.467. The number of rotatable bonds is 2. The second kappa shape index (κ2) is 4.90. The zero-order valence-corrected chi connectivity index (χ0v) is 11.2. The molecule has 0 aromatic heterocycles. The van der Waals surface area contributed by atoms with Gasteiger partial charge in [-0.15, -0.1) is 0 Å². The molecule has 2 aliphatic rings. The molecule has 3 atom stereocenters. The molecule has 1 aromatic rings. The molecule has 106 valence electrons. The number of aliphatic carboxylic acids is 1. The zero-order chi connectivity index (χ0) is 14.3. The molecule has 20 heavy (non-hydrogen) atoms. The number of fused-ring (bicyclic) bond motifs is 1. The van der Waals surface area contributed by atoms with Crippen molar-refractivity contribution >= 4 is 17.6 Å². The lowest BCUT2D eigenvalue weighted by molar-refractivity contribution is -0.140. The second-order valence-electron chi connectivity index (χ2n) is 5.67. The number of hydrogen-bond donors (Lipinski definition) is 2. The number of nitrogens with zero attached hydrogens (tertiary/aromatic N) is 1. The van der Waals surface area contributed by atoms with Crippen LogP contribution in [-0.2, 0) is 16.0 Å². The first-order valence-corrected chi connectivity index (χ1v) is 6.97. The second-order valence-corrected chi connectivity index (χ2v) is 5.67. The summed E-state index contributed by atoms with van der Waals surface area (Å²) in [7, 11) is 0. The lowest BCUT2D eigenvalue weighted by Crippen LogP contribution is -2.45. The largest absolute Gasteiger partial charge is 0.480 e. The Labute approximate surface area is 117 Å². The van der Waals surface area contributed by atoms with Crippen molar-refractivity contribution in [1.29, 1.82) is 0 Å². The van der Waals surface area contributed by atoms with Crippen LogP contribution in [0.5, 0.6) is 0 Å². The summed E-state index contributed by atoms with van der Waals surface area (Å²) in [6.45, 7) is 0. The number of anilines is 1. The highest BCUT2D eigenvalue weighted by atomic mass is 16.4. The zero-order valence-electron chi connectivity index (χ0n) is 11.2. The minimum Gasteiger partial charge on any atom is -0.480 e. The summed E-state index contributed by atoms with van der Waals surface area (Å²) in [5.41, 5.74) is 7.53. The standard InChI is InChI=1S/C15H18N2O3/c16-11-6-5-10(7-11)14(18)17-12-4-2-1-3-9(12)8-13(17)15(19)20/h1-4,10-11,13H,5-8,16H2,(H,19,20)/t10?,11?,13-/m0/s1. The van der Waals surface area contributed by atoms with E-state index in [0.29, 0.717) is 12.8 Å². The highest BCUT2D eigenvalue weighted by Crippen LogP contribution is 2.36. The van der Waals surface area contributed by atoms with Crippen LogP contribution in [0, 0.1) is 5.92 Å². The molecule has 1 saturated carbocycles. The minimum atomic E-state index is -0.947. The van der Waals surface area contributed by atoms with E-state index >= 15 is 0 Å². The van der Waals surface area contributed by atoms with Gasteiger partial charge in [-0.2, -0.15) is 0 Å². The number of amides is 1. The molecule has 0 bridgehead atoms. The third-order valence-electron chi connectivity index (χ3n) is 4.32. The molecule has 1 amide bonds. The van der Waals surface area contributed by atoms with Gasteiger partial charge in [0.15, 0.2) is 0 Å². The van der Waals surface area contributed by atoms with Crippen LogP contribution in [0.3, 0.4) is 0 Å². The topological polar surface area (TPSA) is 83.6 Å². The first kappa shape index (κ1) is 13.1. The molecule has 0 saturated heterocycles. The van der Waals surface area contributed by atoms with E-state index < -0.39 is 12.0 Å². The Bertz CT molecular complexity index is 558. The fourth-order valence-corrected chi connectivity index (χ4v) is 3.29. The highest BCUT2D eigenvalue weighted by Gasteiger charge is 2.42. The van der Waals surface area contributed by atoms with E-state index in [1.54, 1.807) is 0 Å². The van der Waals surface area contributed by atoms with E-state index in [0.717, 1.165) is 24.1 Å². The van der Waals surface area contributed by atoms with Crippen molar-refractivity contribution in [3.8, 4) is 0 Å². The van der Waals surface area contributed by atoms with Gasteiger partial charge < -0.3 is 10.8 Å². The van der Waals surface area contributed by atoms with E-state index in [9.17, 15) is 14.7 Å². The monoisotopic (exact) mass is 274 g/mol. The average Bonchev–Trinajstić information content (AvgIpc) is 3.01. The van der Waals surface area contributed by atoms with Crippen molar-refractivity contribution in [3.05, 3.63) is 29.8 Å². The predicted octanol–water partition coefficient (Wildman–Crippen LogP) is 1.16. The summed E-state index contributed by atoms with van der Waals surface area (Å²) in [5.74, 6) is -1.18. The molecular formula is C15H18N2O3. The first-order chi connectivity index (χ1) is 9.58. The Kier molecular flexibility index (Phi) is 3.22. The molecular weight excluding hydrogens is 256 g/mol. The van der Waals surface area contributed by atoms with Gasteiger partial charge in [-0.25, -0.2) is 4.79 Å². The third-order valence-corrected chi connectivity index (χ3v) is 4.32. The lowest BCUT2D eigenvalue weighted by Gasteiger charge is -2.25. The first-order valence-electron chi connectivity index (χ1n) is 6.97. The molecule has 0 radical (unpaired) electrons. The smallest absolute Gasteiger partial charge is 0.327 e. The van der Waals surface area contributed by atoms with Crippen molar-refractivity contribution in [1.82, 2.24) is 0 Å². The number of carboxylic acids is 1. The van der Waals surface area contributed by atoms with Crippen molar-refractivity contribution < 1.29 is 14.7 Å². The maximum absolute atomic E-state index is 12.7. The normalized spacial score (nSPS) is 28.4. The van der Waals surface area contributed by atoms with Crippen LogP contribution in [0.1, 0.15) is 24.8 Å². The summed E-state index contributed by atoms with van der Waals surface area (Å²) in [4.78, 5) is 25.6. The summed E-state index contributed by atoms with van der Waals surface area (Å²) in [6, 6.07) is 6.70. The van der Waals surface area contributed by atoms with Crippen molar-refractivity contribution in [3.63, 3.8) is 0 Å². The number of hydrogen-bond acceptors (Lipinski definition) is 3. The molecule has 1 aromatic carbocycles. The van der Waals surface area contributed by atoms with Crippen LogP contribution in [0.2, 0.25) is 0 Å². The number of carbonyl (C=O) groups is 2. The third kappa shape index (κ3) is 2.08. The van der Waals surface area contributed by atoms with E-state index in [1.807, 2.05) is 24.3 Å². The van der Waals surface area contributed by atoms with E-state index in [-0.39, 0.29) is 17.9 Å². The molecule has 3 rings (SSSR count). The van der Waals surface area contributed by atoms with Gasteiger partial charge in [-0.05, 0) is 30.9 Å². The van der Waals surface area contributed by atoms with Crippen LogP contribution in [0.15, 0.2) is 24.3 Å². The van der Waals surface area contributed by atoms with Gasteiger partial charge in [-0.1, -0.05) is 18.2 Å². The molecule has 1 aliphatic heterocycles. The van der Waals surface area contributed by atoms with Gasteiger partial charge >= 0.3 is 5.97 Å². The molecule has 3 N–H and O–H groups in total. The fourth-order valence-electron chi connectivity index (χ4n) is 3.29. The molecule has 1 heterocycles. The van der Waals surface area contributed by atoms with Crippen molar-refractivity contribution in [2.75, 3.05) is 4.90 Å². The Morgan fingerprint density at radius 3 is 2.65 bits per heavy atom. The van der Waals surface area contributed by atoms with Crippen molar-refractivity contribution in [2.45, 2.75) is 37.8 Å². The Hall–Kier alpha value is -1.88. The van der Waals surface area contributed by atoms with Gasteiger partial charge in [-0.3, -0.25) is 9.69 Å². The lowest BCUT2D eigenvalue weighted by atomic mass is 10.1. The van der Waals surface area contributed by atoms with Gasteiger partial charge in [0.1, 0.15) is 6.04 Å². The van der Waals surface area contributed by atoms with Crippen LogP contribution in [-0.4, -0.2) is 29.1 Å². The quantitative estimate of drug-likeness (QED) is 0.847. The summed E-state index contributed by atoms with van der Waals surface area (Å²) in [6.07, 6.45) is 2.63. The summed E-state index contributed by atoms with van der Waals surface area (Å²) in [5, 5.41) is 9.38. The van der Waals surface area contributed by atoms with Crippen LogP contribution >= 0.6 is 0 Å². The van der Waals surface area contributed by atoms with Crippen molar-refractivity contribution in [2.24, 2.45) is 11.7 Å². The maximum Gasteiger partial charge on any atom is 0.327 e. The van der Waals surface area contributed by atoms with Gasteiger partial charge in [0, 0.05) is 24.1 Å². The van der Waals surface area contributed by atoms with Gasteiger partial charge in [0.25, 0.3) is 0 Å². The maximum atomic E-state index is 12.7.